The molecule has 0 aliphatic heterocycles. The van der Waals surface area contributed by atoms with E-state index in [-0.39, 0.29) is 11.9 Å². The van der Waals surface area contributed by atoms with Crippen LogP contribution in [0.25, 0.3) is 0 Å². The molecule has 24 heavy (non-hydrogen) atoms. The molecule has 0 radical (unpaired) electrons. The normalized spacial score (nSPS) is 13.6. The summed E-state index contributed by atoms with van der Waals surface area (Å²) in [6.45, 7) is 2.26. The number of nitrogens with zero attached hydrogens (tertiary/aromatic N) is 1. The van der Waals surface area contributed by atoms with Gasteiger partial charge in [0, 0.05) is 16.4 Å². The van der Waals surface area contributed by atoms with Crippen LogP contribution in [0.1, 0.15) is 17.8 Å². The van der Waals surface area contributed by atoms with Crippen molar-refractivity contribution in [3.05, 3.63) is 50.1 Å². The van der Waals surface area contributed by atoms with Crippen molar-refractivity contribution in [2.24, 2.45) is 0 Å². The van der Waals surface area contributed by atoms with E-state index in [1.54, 1.807) is 36.5 Å². The highest BCUT2D eigenvalue weighted by Crippen LogP contribution is 2.29. The molecule has 2 unspecified atom stereocenters. The first-order valence-electron chi connectivity index (χ1n) is 7.47. The van der Waals surface area contributed by atoms with Crippen LogP contribution in [0.15, 0.2) is 40.2 Å². The fourth-order valence-corrected chi connectivity index (χ4v) is 3.87. The minimum atomic E-state index is -0.603. The number of ether oxygens (including phenoxy) is 1. The van der Waals surface area contributed by atoms with Crippen molar-refractivity contribution in [1.82, 2.24) is 10.2 Å². The third-order valence-corrected chi connectivity index (χ3v) is 5.36. The van der Waals surface area contributed by atoms with Crippen LogP contribution in [-0.4, -0.2) is 37.6 Å². The first kappa shape index (κ1) is 19.2. The average molecular weight is 432 g/mol. The van der Waals surface area contributed by atoms with Crippen molar-refractivity contribution in [1.29, 1.82) is 0 Å². The maximum atomic E-state index is 12.3. The molecule has 0 fully saturated rings. The number of carbonyl (C=O) groups excluding carboxylic acids is 1. The predicted molar refractivity (Wildman–Crippen MR) is 103 cm³/mol. The number of rotatable bonds is 7. The molecule has 130 valence electrons. The number of thiophene rings is 1. The van der Waals surface area contributed by atoms with Gasteiger partial charge in [-0.15, -0.1) is 11.3 Å². The number of halogens is 2. The summed E-state index contributed by atoms with van der Waals surface area (Å²) in [6.07, 6.45) is -0.603. The monoisotopic (exact) mass is 430 g/mol. The molecule has 7 heteroatoms. The average Bonchev–Trinajstić information content (AvgIpc) is 3.03. The summed E-state index contributed by atoms with van der Waals surface area (Å²) in [5.41, 5.74) is 0. The Kier molecular flexibility index (Phi) is 7.10. The van der Waals surface area contributed by atoms with Crippen molar-refractivity contribution in [3.8, 4) is 5.75 Å². The number of carbonyl (C=O) groups is 1. The number of benzene rings is 1. The smallest absolute Gasteiger partial charge is 0.260 e. The summed E-state index contributed by atoms with van der Waals surface area (Å²) in [7, 11) is 4.00. The third kappa shape index (κ3) is 5.21. The molecule has 2 atom stereocenters. The molecule has 1 N–H and O–H groups in total. The summed E-state index contributed by atoms with van der Waals surface area (Å²) < 4.78 is 6.44. The fraction of sp³-hybridized carbons (Fsp3) is 0.353. The van der Waals surface area contributed by atoms with Gasteiger partial charge in [0.1, 0.15) is 5.75 Å². The standard InChI is InChI=1S/C17H20BrClN2O2S/c1-11(23-15-7-6-12(19)9-13(15)18)17(22)20-10-14(21(2)3)16-5-4-8-24-16/h4-9,11,14H,10H2,1-3H3,(H,20,22). The minimum absolute atomic E-state index is 0.142. The van der Waals surface area contributed by atoms with Gasteiger partial charge < -0.3 is 15.0 Å². The number of nitrogens with one attached hydrogen (secondary N) is 1. The van der Waals surface area contributed by atoms with Crippen LogP contribution in [0.3, 0.4) is 0 Å². The highest BCUT2D eigenvalue weighted by Gasteiger charge is 2.20. The Hall–Kier alpha value is -1.08. The molecule has 1 aromatic heterocycles. The molecule has 0 bridgehead atoms. The maximum Gasteiger partial charge on any atom is 0.260 e. The Bertz CT molecular complexity index is 679. The molecule has 0 saturated heterocycles. The molecule has 1 amide bonds. The van der Waals surface area contributed by atoms with Crippen LogP contribution in [0.2, 0.25) is 5.02 Å². The van der Waals surface area contributed by atoms with E-state index in [0.717, 1.165) is 4.47 Å². The highest BCUT2D eigenvalue weighted by molar-refractivity contribution is 9.10. The van der Waals surface area contributed by atoms with E-state index in [2.05, 4.69) is 32.2 Å². The Morgan fingerprint density at radius 2 is 2.17 bits per heavy atom. The van der Waals surface area contributed by atoms with Crippen molar-refractivity contribution in [2.45, 2.75) is 19.1 Å². The summed E-state index contributed by atoms with van der Waals surface area (Å²) >= 11 is 11.0. The summed E-state index contributed by atoms with van der Waals surface area (Å²) in [5, 5.41) is 5.61. The third-order valence-electron chi connectivity index (χ3n) is 3.53. The molecule has 0 aliphatic rings. The van der Waals surface area contributed by atoms with E-state index in [9.17, 15) is 4.79 Å². The second kappa shape index (κ2) is 8.85. The van der Waals surface area contributed by atoms with E-state index < -0.39 is 6.10 Å². The van der Waals surface area contributed by atoms with Gasteiger partial charge in [0.2, 0.25) is 0 Å². The lowest BCUT2D eigenvalue weighted by atomic mass is 10.2. The van der Waals surface area contributed by atoms with Crippen LogP contribution in [0.4, 0.5) is 0 Å². The number of amides is 1. The van der Waals surface area contributed by atoms with Gasteiger partial charge in [-0.2, -0.15) is 0 Å². The van der Waals surface area contributed by atoms with Crippen LogP contribution in [0.5, 0.6) is 5.75 Å². The van der Waals surface area contributed by atoms with Gasteiger partial charge in [-0.1, -0.05) is 17.7 Å². The maximum absolute atomic E-state index is 12.3. The van der Waals surface area contributed by atoms with Crippen LogP contribution >= 0.6 is 38.9 Å². The molecule has 1 aromatic carbocycles. The molecule has 1 heterocycles. The summed E-state index contributed by atoms with van der Waals surface area (Å²) in [5.74, 6) is 0.435. The summed E-state index contributed by atoms with van der Waals surface area (Å²) in [4.78, 5) is 15.6. The largest absolute Gasteiger partial charge is 0.480 e. The van der Waals surface area contributed by atoms with Gasteiger partial charge >= 0.3 is 0 Å². The van der Waals surface area contributed by atoms with Crippen LogP contribution in [0, 0.1) is 0 Å². The number of hydrogen-bond acceptors (Lipinski definition) is 4. The quantitative estimate of drug-likeness (QED) is 0.708. The molecule has 0 spiro atoms. The zero-order valence-corrected chi connectivity index (χ0v) is 16.9. The van der Waals surface area contributed by atoms with E-state index >= 15 is 0 Å². The van der Waals surface area contributed by atoms with E-state index in [4.69, 9.17) is 16.3 Å². The Morgan fingerprint density at radius 3 is 2.75 bits per heavy atom. The topological polar surface area (TPSA) is 41.6 Å². The second-order valence-corrected chi connectivity index (χ2v) is 7.84. The fourth-order valence-electron chi connectivity index (χ4n) is 2.17. The Morgan fingerprint density at radius 1 is 1.42 bits per heavy atom. The first-order valence-corrected chi connectivity index (χ1v) is 9.52. The minimum Gasteiger partial charge on any atom is -0.480 e. The number of likely N-dealkylation sites (N-methyl/N-ethyl adjacent to an activating group) is 1. The predicted octanol–water partition coefficient (Wildman–Crippen LogP) is 4.35. The van der Waals surface area contributed by atoms with Crippen molar-refractivity contribution < 1.29 is 9.53 Å². The SMILES string of the molecule is CC(Oc1ccc(Cl)cc1Br)C(=O)NCC(c1cccs1)N(C)C. The highest BCUT2D eigenvalue weighted by atomic mass is 79.9. The van der Waals surface area contributed by atoms with Crippen molar-refractivity contribution >= 4 is 44.8 Å². The molecule has 4 nitrogen and oxygen atoms in total. The molecule has 0 saturated carbocycles. The molecular weight excluding hydrogens is 412 g/mol. The molecular formula is C17H20BrClN2O2S. The van der Waals surface area contributed by atoms with Crippen molar-refractivity contribution in [2.75, 3.05) is 20.6 Å². The van der Waals surface area contributed by atoms with E-state index in [1.807, 2.05) is 25.5 Å². The van der Waals surface area contributed by atoms with Gasteiger partial charge in [0.05, 0.1) is 10.5 Å². The molecule has 2 rings (SSSR count). The lowest BCUT2D eigenvalue weighted by Crippen LogP contribution is -2.40. The van der Waals surface area contributed by atoms with Crippen molar-refractivity contribution in [3.63, 3.8) is 0 Å². The van der Waals surface area contributed by atoms with Gasteiger partial charge in [-0.25, -0.2) is 0 Å². The van der Waals surface area contributed by atoms with E-state index in [1.165, 1.54) is 4.88 Å². The first-order chi connectivity index (χ1) is 11.4. The number of hydrogen-bond donors (Lipinski definition) is 1. The van der Waals surface area contributed by atoms with Crippen LogP contribution in [-0.2, 0) is 4.79 Å². The zero-order valence-electron chi connectivity index (χ0n) is 13.8. The van der Waals surface area contributed by atoms with E-state index in [0.29, 0.717) is 17.3 Å². The second-order valence-electron chi connectivity index (χ2n) is 5.57. The molecule has 2 aromatic rings. The Labute approximate surface area is 159 Å². The lowest BCUT2D eigenvalue weighted by molar-refractivity contribution is -0.127. The zero-order chi connectivity index (χ0) is 17.7. The lowest BCUT2D eigenvalue weighted by Gasteiger charge is -2.24. The Balaban J connectivity index is 1.93. The van der Waals surface area contributed by atoms with Gasteiger partial charge in [-0.05, 0) is 66.6 Å². The summed E-state index contributed by atoms with van der Waals surface area (Å²) in [6, 6.07) is 9.44. The van der Waals surface area contributed by atoms with Crippen LogP contribution < -0.4 is 10.1 Å². The van der Waals surface area contributed by atoms with Gasteiger partial charge in [0.25, 0.3) is 5.91 Å². The molecule has 0 aliphatic carbocycles. The van der Waals surface area contributed by atoms with Gasteiger partial charge in [0.15, 0.2) is 6.10 Å². The van der Waals surface area contributed by atoms with Gasteiger partial charge in [-0.3, -0.25) is 4.79 Å².